The molecule has 4 nitrogen and oxygen atoms in total. The number of nitrogens with one attached hydrogen (secondary N) is 1. The van der Waals surface area contributed by atoms with Crippen molar-refractivity contribution < 1.29 is 8.42 Å². The third-order valence-electron chi connectivity index (χ3n) is 4.54. The highest BCUT2D eigenvalue weighted by Gasteiger charge is 2.30. The molecule has 1 aromatic rings. The molecule has 1 atom stereocenters. The van der Waals surface area contributed by atoms with Gasteiger partial charge < -0.3 is 5.32 Å². The number of sulfone groups is 1. The highest BCUT2D eigenvalue weighted by Crippen LogP contribution is 2.40. The zero-order chi connectivity index (χ0) is 14.9. The van der Waals surface area contributed by atoms with Gasteiger partial charge in [-0.3, -0.25) is 4.90 Å². The van der Waals surface area contributed by atoms with Gasteiger partial charge in [0.25, 0.3) is 0 Å². The minimum Gasteiger partial charge on any atom is -0.314 e. The van der Waals surface area contributed by atoms with Crippen LogP contribution >= 0.6 is 24.8 Å². The lowest BCUT2D eigenvalue weighted by Gasteiger charge is -2.35. The average molecular weight is 381 g/mol. The normalized spacial score (nSPS) is 20.2. The van der Waals surface area contributed by atoms with Gasteiger partial charge in [0.15, 0.2) is 9.84 Å². The summed E-state index contributed by atoms with van der Waals surface area (Å²) in [5, 5.41) is 3.40. The van der Waals surface area contributed by atoms with Crippen LogP contribution in [0, 0.1) is 5.92 Å². The summed E-state index contributed by atoms with van der Waals surface area (Å²) in [6.45, 7) is 4.24. The molecular weight excluding hydrogens is 355 g/mol. The van der Waals surface area contributed by atoms with Gasteiger partial charge >= 0.3 is 0 Å². The SMILES string of the molecule is CS(=O)(=O)c1ccc([C@H](CC2CC2)N2CCNCC2)cc1.Cl.Cl. The lowest BCUT2D eigenvalue weighted by atomic mass is 9.99. The maximum atomic E-state index is 11.6. The van der Waals surface area contributed by atoms with Gasteiger partial charge in [0.05, 0.1) is 4.90 Å². The molecule has 0 aromatic heterocycles. The van der Waals surface area contributed by atoms with Gasteiger partial charge in [0.1, 0.15) is 0 Å². The lowest BCUT2D eigenvalue weighted by Crippen LogP contribution is -2.45. The first kappa shape index (κ1) is 20.7. The summed E-state index contributed by atoms with van der Waals surface area (Å²) in [7, 11) is -3.10. The Morgan fingerprint density at radius 3 is 2.17 bits per heavy atom. The Kier molecular flexibility index (Phi) is 7.81. The first-order chi connectivity index (χ1) is 10.0. The van der Waals surface area contributed by atoms with E-state index in [4.69, 9.17) is 0 Å². The molecular formula is C16H26Cl2N2O2S. The van der Waals surface area contributed by atoms with Gasteiger partial charge in [0, 0.05) is 38.5 Å². The molecule has 1 saturated heterocycles. The number of halogens is 2. The van der Waals surface area contributed by atoms with Gasteiger partial charge in [-0.2, -0.15) is 0 Å². The molecule has 0 spiro atoms. The summed E-state index contributed by atoms with van der Waals surface area (Å²) >= 11 is 0. The topological polar surface area (TPSA) is 49.4 Å². The monoisotopic (exact) mass is 380 g/mol. The van der Waals surface area contributed by atoms with Crippen molar-refractivity contribution >= 4 is 34.7 Å². The van der Waals surface area contributed by atoms with Gasteiger partial charge in [0.2, 0.25) is 0 Å². The minimum atomic E-state index is -3.10. The fraction of sp³-hybridized carbons (Fsp3) is 0.625. The Balaban J connectivity index is 0.00000132. The minimum absolute atomic E-state index is 0. The summed E-state index contributed by atoms with van der Waals surface area (Å²) in [6.07, 6.45) is 5.17. The molecule has 2 aliphatic rings. The summed E-state index contributed by atoms with van der Waals surface area (Å²) < 4.78 is 23.2. The van der Waals surface area contributed by atoms with Crippen LogP contribution in [0.4, 0.5) is 0 Å². The lowest BCUT2D eigenvalue weighted by molar-refractivity contribution is 0.160. The van der Waals surface area contributed by atoms with Crippen LogP contribution in [0.3, 0.4) is 0 Å². The van der Waals surface area contributed by atoms with Crippen molar-refractivity contribution in [3.63, 3.8) is 0 Å². The van der Waals surface area contributed by atoms with E-state index in [9.17, 15) is 8.42 Å². The molecule has 0 unspecified atom stereocenters. The molecule has 0 bridgehead atoms. The molecule has 1 aliphatic heterocycles. The third kappa shape index (κ3) is 5.61. The molecule has 3 rings (SSSR count). The fourth-order valence-corrected chi connectivity index (χ4v) is 3.73. The van der Waals surface area contributed by atoms with Crippen LogP contribution in [0.15, 0.2) is 29.2 Å². The zero-order valence-corrected chi connectivity index (χ0v) is 15.9. The Hall–Kier alpha value is -0.330. The highest BCUT2D eigenvalue weighted by atomic mass is 35.5. The molecule has 1 heterocycles. The molecule has 132 valence electrons. The fourth-order valence-electron chi connectivity index (χ4n) is 3.10. The van der Waals surface area contributed by atoms with E-state index in [1.165, 1.54) is 31.1 Å². The van der Waals surface area contributed by atoms with Crippen LogP contribution in [-0.2, 0) is 9.84 Å². The van der Waals surface area contributed by atoms with Crippen molar-refractivity contribution in [2.45, 2.75) is 30.2 Å². The van der Waals surface area contributed by atoms with Crippen molar-refractivity contribution in [1.29, 1.82) is 0 Å². The number of hydrogen-bond acceptors (Lipinski definition) is 4. The van der Waals surface area contributed by atoms with Crippen LogP contribution in [0.1, 0.15) is 30.9 Å². The molecule has 23 heavy (non-hydrogen) atoms. The highest BCUT2D eigenvalue weighted by molar-refractivity contribution is 7.90. The summed E-state index contributed by atoms with van der Waals surface area (Å²) in [5.74, 6) is 0.861. The van der Waals surface area contributed by atoms with Gasteiger partial charge in [-0.25, -0.2) is 8.42 Å². The molecule has 1 aliphatic carbocycles. The van der Waals surface area contributed by atoms with Crippen LogP contribution in [0.2, 0.25) is 0 Å². The number of piperazine rings is 1. The number of hydrogen-bond donors (Lipinski definition) is 1. The molecule has 2 fully saturated rings. The maximum Gasteiger partial charge on any atom is 0.175 e. The maximum absolute atomic E-state index is 11.6. The van der Waals surface area contributed by atoms with Crippen molar-refractivity contribution in [1.82, 2.24) is 10.2 Å². The first-order valence-corrected chi connectivity index (χ1v) is 9.68. The second-order valence-electron chi connectivity index (χ2n) is 6.32. The largest absolute Gasteiger partial charge is 0.314 e. The van der Waals surface area contributed by atoms with E-state index in [-0.39, 0.29) is 24.8 Å². The molecule has 1 aromatic carbocycles. The zero-order valence-electron chi connectivity index (χ0n) is 13.4. The third-order valence-corrected chi connectivity index (χ3v) is 5.67. The van der Waals surface area contributed by atoms with Crippen LogP contribution in [0.5, 0.6) is 0 Å². The average Bonchev–Trinajstić information content (AvgIpc) is 3.29. The van der Waals surface area contributed by atoms with E-state index in [2.05, 4.69) is 10.2 Å². The van der Waals surface area contributed by atoms with Crippen molar-refractivity contribution in [2.24, 2.45) is 5.92 Å². The second-order valence-corrected chi connectivity index (χ2v) is 8.34. The van der Waals surface area contributed by atoms with E-state index in [0.717, 1.165) is 32.1 Å². The van der Waals surface area contributed by atoms with Crippen molar-refractivity contribution in [3.05, 3.63) is 29.8 Å². The number of nitrogens with zero attached hydrogens (tertiary/aromatic N) is 1. The van der Waals surface area contributed by atoms with Crippen LogP contribution in [0.25, 0.3) is 0 Å². The summed E-state index contributed by atoms with van der Waals surface area (Å²) in [4.78, 5) is 2.96. The van der Waals surface area contributed by atoms with Gasteiger partial charge in [-0.05, 0) is 30.0 Å². The molecule has 1 N–H and O–H groups in total. The number of rotatable bonds is 5. The smallest absolute Gasteiger partial charge is 0.175 e. The van der Waals surface area contributed by atoms with E-state index < -0.39 is 9.84 Å². The standard InChI is InChI=1S/C16H24N2O2S.2ClH/c1-21(19,20)15-6-4-14(5-7-15)16(12-13-2-3-13)18-10-8-17-9-11-18;;/h4-7,13,16-17H,2-3,8-12H2,1H3;2*1H/t16-;;/m0../s1. The van der Waals surface area contributed by atoms with Gasteiger partial charge in [-0.1, -0.05) is 25.0 Å². The first-order valence-electron chi connectivity index (χ1n) is 7.79. The van der Waals surface area contributed by atoms with Gasteiger partial charge in [-0.15, -0.1) is 24.8 Å². The van der Waals surface area contributed by atoms with E-state index >= 15 is 0 Å². The second kappa shape index (κ2) is 8.67. The molecule has 1 saturated carbocycles. The molecule has 0 amide bonds. The quantitative estimate of drug-likeness (QED) is 0.852. The molecule has 7 heteroatoms. The number of benzene rings is 1. The Morgan fingerprint density at radius 1 is 1.13 bits per heavy atom. The van der Waals surface area contributed by atoms with Crippen LogP contribution < -0.4 is 5.32 Å². The summed E-state index contributed by atoms with van der Waals surface area (Å²) in [5.41, 5.74) is 1.26. The van der Waals surface area contributed by atoms with Crippen LogP contribution in [-0.4, -0.2) is 45.8 Å². The van der Waals surface area contributed by atoms with E-state index in [1.54, 1.807) is 12.1 Å². The van der Waals surface area contributed by atoms with E-state index in [0.29, 0.717) is 10.9 Å². The Morgan fingerprint density at radius 2 is 1.70 bits per heavy atom. The molecule has 0 radical (unpaired) electrons. The Labute approximate surface area is 151 Å². The van der Waals surface area contributed by atoms with Crippen molar-refractivity contribution in [3.8, 4) is 0 Å². The predicted octanol–water partition coefficient (Wildman–Crippen LogP) is 2.68. The summed E-state index contributed by atoms with van der Waals surface area (Å²) in [6, 6.07) is 7.96. The van der Waals surface area contributed by atoms with E-state index in [1.807, 2.05) is 12.1 Å². The predicted molar refractivity (Wildman–Crippen MR) is 98.6 cm³/mol. The Bertz CT molecular complexity index is 583. The van der Waals surface area contributed by atoms with Crippen molar-refractivity contribution in [2.75, 3.05) is 32.4 Å².